The lowest BCUT2D eigenvalue weighted by atomic mass is 10.1. The molecule has 36 heavy (non-hydrogen) atoms. The van der Waals surface area contributed by atoms with Crippen molar-refractivity contribution in [3.63, 3.8) is 0 Å². The number of amides is 1. The van der Waals surface area contributed by atoms with Crippen LogP contribution in [0.25, 0.3) is 23.0 Å². The molecule has 0 saturated carbocycles. The van der Waals surface area contributed by atoms with E-state index in [4.69, 9.17) is 5.10 Å². The summed E-state index contributed by atoms with van der Waals surface area (Å²) in [6, 6.07) is 28.6. The van der Waals surface area contributed by atoms with Crippen molar-refractivity contribution in [2.75, 3.05) is 32.7 Å². The van der Waals surface area contributed by atoms with Gasteiger partial charge in [-0.1, -0.05) is 84.9 Å². The Bertz CT molecular complexity index is 1350. The summed E-state index contributed by atoms with van der Waals surface area (Å²) in [6.45, 7) is 8.14. The van der Waals surface area contributed by atoms with Gasteiger partial charge in [0.15, 0.2) is 0 Å². The van der Waals surface area contributed by atoms with Crippen LogP contribution in [0.5, 0.6) is 0 Å². The molecule has 1 amide bonds. The fourth-order valence-electron chi connectivity index (χ4n) is 4.61. The molecule has 5 rings (SSSR count). The van der Waals surface area contributed by atoms with Crippen molar-refractivity contribution in [2.45, 2.75) is 13.8 Å². The van der Waals surface area contributed by atoms with E-state index in [9.17, 15) is 4.79 Å². The summed E-state index contributed by atoms with van der Waals surface area (Å²) in [7, 11) is 0. The van der Waals surface area contributed by atoms with Crippen LogP contribution in [0.1, 0.15) is 27.2 Å². The first-order valence-electron chi connectivity index (χ1n) is 12.5. The summed E-state index contributed by atoms with van der Waals surface area (Å²) in [5.74, 6) is 0.0325. The molecule has 0 atom stereocenters. The van der Waals surface area contributed by atoms with Gasteiger partial charge in [-0.05, 0) is 42.7 Å². The van der Waals surface area contributed by atoms with Gasteiger partial charge in [0.25, 0.3) is 5.91 Å². The van der Waals surface area contributed by atoms with E-state index in [1.54, 1.807) is 0 Å². The maximum Gasteiger partial charge on any atom is 0.272 e. The van der Waals surface area contributed by atoms with Gasteiger partial charge in [0.05, 0.1) is 11.4 Å². The van der Waals surface area contributed by atoms with Gasteiger partial charge in [0.1, 0.15) is 5.69 Å². The molecule has 0 spiro atoms. The summed E-state index contributed by atoms with van der Waals surface area (Å²) in [4.78, 5) is 18.1. The number of rotatable bonds is 6. The van der Waals surface area contributed by atoms with E-state index in [2.05, 4.69) is 73.4 Å². The lowest BCUT2D eigenvalue weighted by Crippen LogP contribution is -2.49. The Morgan fingerprint density at radius 3 is 2.28 bits per heavy atom. The normalized spacial score (nSPS) is 14.4. The molecule has 2 heterocycles. The van der Waals surface area contributed by atoms with Crippen LogP contribution in [-0.4, -0.2) is 58.2 Å². The third-order valence-electron chi connectivity index (χ3n) is 6.72. The van der Waals surface area contributed by atoms with E-state index < -0.39 is 0 Å². The second-order valence-electron chi connectivity index (χ2n) is 9.39. The lowest BCUT2D eigenvalue weighted by molar-refractivity contribution is 0.0641. The van der Waals surface area contributed by atoms with Crippen molar-refractivity contribution in [1.82, 2.24) is 19.6 Å². The molecule has 1 aliphatic rings. The first kappa shape index (κ1) is 23.8. The number of carbonyl (C=O) groups is 1. The Morgan fingerprint density at radius 2 is 1.56 bits per heavy atom. The number of aromatic nitrogens is 2. The molecule has 0 radical (unpaired) electrons. The highest BCUT2D eigenvalue weighted by Gasteiger charge is 2.26. The summed E-state index contributed by atoms with van der Waals surface area (Å²) in [5, 5.41) is 4.90. The standard InChI is InChI=1S/C31H32N4O/c1-24-15-16-25(2)29(22-24)35-30(23-28(32-35)27-13-7-4-8-14-27)31(36)34-20-18-33(19-21-34)17-9-12-26-10-5-3-6-11-26/h3-16,22-23H,17-21H2,1-2H3/b12-9+. The molecule has 0 aliphatic carbocycles. The minimum Gasteiger partial charge on any atom is -0.335 e. The van der Waals surface area contributed by atoms with Crippen molar-refractivity contribution in [3.05, 3.63) is 113 Å². The third-order valence-corrected chi connectivity index (χ3v) is 6.72. The van der Waals surface area contributed by atoms with Gasteiger partial charge in [-0.3, -0.25) is 9.69 Å². The molecule has 0 unspecified atom stereocenters. The number of aryl methyl sites for hydroxylation is 2. The maximum absolute atomic E-state index is 13.8. The van der Waals surface area contributed by atoms with Crippen LogP contribution in [0.2, 0.25) is 0 Å². The van der Waals surface area contributed by atoms with E-state index in [1.807, 2.05) is 52.0 Å². The van der Waals surface area contributed by atoms with Gasteiger partial charge in [-0.25, -0.2) is 4.68 Å². The Balaban J connectivity index is 1.34. The van der Waals surface area contributed by atoms with E-state index >= 15 is 0 Å². The maximum atomic E-state index is 13.8. The van der Waals surface area contributed by atoms with Crippen LogP contribution in [0, 0.1) is 13.8 Å². The van der Waals surface area contributed by atoms with Gasteiger partial charge < -0.3 is 4.90 Å². The Morgan fingerprint density at radius 1 is 0.861 bits per heavy atom. The van der Waals surface area contributed by atoms with Gasteiger partial charge in [0, 0.05) is 38.3 Å². The molecule has 1 aliphatic heterocycles. The number of hydrogen-bond acceptors (Lipinski definition) is 3. The molecule has 4 aromatic rings. The predicted molar refractivity (Wildman–Crippen MR) is 146 cm³/mol. The van der Waals surface area contributed by atoms with Crippen LogP contribution in [-0.2, 0) is 0 Å². The molecular weight excluding hydrogens is 444 g/mol. The van der Waals surface area contributed by atoms with Crippen molar-refractivity contribution < 1.29 is 4.79 Å². The molecule has 5 nitrogen and oxygen atoms in total. The van der Waals surface area contributed by atoms with Gasteiger partial charge >= 0.3 is 0 Å². The third kappa shape index (κ3) is 5.31. The van der Waals surface area contributed by atoms with Crippen molar-refractivity contribution >= 4 is 12.0 Å². The van der Waals surface area contributed by atoms with Gasteiger partial charge in [-0.15, -0.1) is 0 Å². The van der Waals surface area contributed by atoms with Gasteiger partial charge in [-0.2, -0.15) is 5.10 Å². The molecule has 0 N–H and O–H groups in total. The molecule has 3 aromatic carbocycles. The fourth-order valence-corrected chi connectivity index (χ4v) is 4.61. The largest absolute Gasteiger partial charge is 0.335 e. The van der Waals surface area contributed by atoms with E-state index in [0.29, 0.717) is 18.8 Å². The quantitative estimate of drug-likeness (QED) is 0.362. The highest BCUT2D eigenvalue weighted by Crippen LogP contribution is 2.25. The molecule has 0 bridgehead atoms. The van der Waals surface area contributed by atoms with Crippen molar-refractivity contribution in [3.8, 4) is 16.9 Å². The van der Waals surface area contributed by atoms with E-state index in [1.165, 1.54) is 5.56 Å². The number of nitrogens with zero attached hydrogens (tertiary/aromatic N) is 4. The molecule has 182 valence electrons. The molecule has 1 saturated heterocycles. The van der Waals surface area contributed by atoms with Crippen LogP contribution >= 0.6 is 0 Å². The average Bonchev–Trinajstić information content (AvgIpc) is 3.36. The molecule has 1 aromatic heterocycles. The topological polar surface area (TPSA) is 41.4 Å². The Labute approximate surface area is 213 Å². The van der Waals surface area contributed by atoms with Crippen LogP contribution < -0.4 is 0 Å². The lowest BCUT2D eigenvalue weighted by Gasteiger charge is -2.34. The van der Waals surface area contributed by atoms with Crippen molar-refractivity contribution in [1.29, 1.82) is 0 Å². The molecule has 1 fully saturated rings. The highest BCUT2D eigenvalue weighted by molar-refractivity contribution is 5.94. The average molecular weight is 477 g/mol. The zero-order valence-electron chi connectivity index (χ0n) is 21.0. The first-order valence-corrected chi connectivity index (χ1v) is 12.5. The minimum atomic E-state index is 0.0325. The predicted octanol–water partition coefficient (Wildman–Crippen LogP) is 5.63. The zero-order chi connectivity index (χ0) is 24.9. The molecule has 5 heteroatoms. The fraction of sp³-hybridized carbons (Fsp3) is 0.226. The Kier molecular flexibility index (Phi) is 7.10. The second kappa shape index (κ2) is 10.8. The van der Waals surface area contributed by atoms with Gasteiger partial charge in [0.2, 0.25) is 0 Å². The summed E-state index contributed by atoms with van der Waals surface area (Å²) in [6.07, 6.45) is 4.36. The zero-order valence-corrected chi connectivity index (χ0v) is 21.0. The number of hydrogen-bond donors (Lipinski definition) is 0. The van der Waals surface area contributed by atoms with Crippen molar-refractivity contribution in [2.24, 2.45) is 0 Å². The SMILES string of the molecule is Cc1ccc(C)c(-n2nc(-c3ccccc3)cc2C(=O)N2CCN(C/C=C/c3ccccc3)CC2)c1. The van der Waals surface area contributed by atoms with E-state index in [-0.39, 0.29) is 5.91 Å². The number of carbonyl (C=O) groups excluding carboxylic acids is 1. The second-order valence-corrected chi connectivity index (χ2v) is 9.39. The van der Waals surface area contributed by atoms with Crippen LogP contribution in [0.4, 0.5) is 0 Å². The molecular formula is C31H32N4O. The monoisotopic (exact) mass is 476 g/mol. The summed E-state index contributed by atoms with van der Waals surface area (Å²) in [5.41, 5.74) is 6.82. The number of piperazine rings is 1. The smallest absolute Gasteiger partial charge is 0.272 e. The van der Waals surface area contributed by atoms with E-state index in [0.717, 1.165) is 47.7 Å². The summed E-state index contributed by atoms with van der Waals surface area (Å²) < 4.78 is 1.84. The minimum absolute atomic E-state index is 0.0325. The Hall–Kier alpha value is -3.96. The highest BCUT2D eigenvalue weighted by atomic mass is 16.2. The first-order chi connectivity index (χ1) is 17.6. The van der Waals surface area contributed by atoms with Crippen LogP contribution in [0.15, 0.2) is 91.0 Å². The summed E-state index contributed by atoms with van der Waals surface area (Å²) >= 11 is 0. The van der Waals surface area contributed by atoms with Crippen LogP contribution in [0.3, 0.4) is 0 Å². The number of benzene rings is 3.